The Bertz CT molecular complexity index is 741. The average molecular weight is 293 g/mol. The van der Waals surface area contributed by atoms with Crippen LogP contribution in [0.1, 0.15) is 0 Å². The van der Waals surface area contributed by atoms with Crippen LogP contribution in [0, 0.1) is 11.6 Å². The van der Waals surface area contributed by atoms with Gasteiger partial charge >= 0.3 is 0 Å². The van der Waals surface area contributed by atoms with Gasteiger partial charge in [0.2, 0.25) is 0 Å². The van der Waals surface area contributed by atoms with E-state index in [1.54, 1.807) is 0 Å². The molecule has 1 aromatic carbocycles. The molecular weight excluding hydrogens is 284 g/mol. The third kappa shape index (κ3) is 2.30. The van der Waals surface area contributed by atoms with Crippen LogP contribution in [0.4, 0.5) is 14.6 Å². The molecule has 0 amide bonds. The number of imidazole rings is 1. The lowest BCUT2D eigenvalue weighted by Crippen LogP contribution is -2.11. The van der Waals surface area contributed by atoms with Crippen LogP contribution in [-0.2, 0) is 0 Å². The van der Waals surface area contributed by atoms with Gasteiger partial charge in [0.25, 0.3) is 0 Å². The van der Waals surface area contributed by atoms with Gasteiger partial charge in [-0.25, -0.2) is 24.6 Å². The topological polar surface area (TPSA) is 79.6 Å². The standard InChI is InChI=1S/C12H9F2N5S/c13-6-5-7(14)11(18-10(6)19-15)20-12-16-8-3-1-2-4-9(8)17-12/h1-5H,15H2,(H,16,17)(H,18,19). The first-order valence-corrected chi connectivity index (χ1v) is 6.44. The van der Waals surface area contributed by atoms with Crippen molar-refractivity contribution in [3.05, 3.63) is 42.0 Å². The largest absolute Gasteiger partial charge is 0.333 e. The van der Waals surface area contributed by atoms with Crippen molar-refractivity contribution >= 4 is 28.6 Å². The van der Waals surface area contributed by atoms with E-state index in [-0.39, 0.29) is 10.8 Å². The quantitative estimate of drug-likeness (QED) is 0.511. The summed E-state index contributed by atoms with van der Waals surface area (Å²) in [5, 5.41) is 0.450. The molecule has 0 bridgehead atoms. The molecule has 8 heteroatoms. The fourth-order valence-corrected chi connectivity index (χ4v) is 2.47. The number of hydrogen-bond donors (Lipinski definition) is 3. The highest BCUT2D eigenvalue weighted by Crippen LogP contribution is 2.29. The monoisotopic (exact) mass is 293 g/mol. The van der Waals surface area contributed by atoms with E-state index in [2.05, 4.69) is 20.4 Å². The number of anilines is 1. The summed E-state index contributed by atoms with van der Waals surface area (Å²) in [6.45, 7) is 0. The minimum atomic E-state index is -0.848. The van der Waals surface area contributed by atoms with Gasteiger partial charge < -0.3 is 10.4 Å². The number of fused-ring (bicyclic) bond motifs is 1. The third-order valence-corrected chi connectivity index (χ3v) is 3.46. The molecular formula is C12H9F2N5S. The summed E-state index contributed by atoms with van der Waals surface area (Å²) in [5.74, 6) is 3.28. The summed E-state index contributed by atoms with van der Waals surface area (Å²) in [5.41, 5.74) is 3.67. The highest BCUT2D eigenvalue weighted by Gasteiger charge is 2.14. The smallest absolute Gasteiger partial charge is 0.177 e. The molecule has 2 heterocycles. The van der Waals surface area contributed by atoms with E-state index in [0.717, 1.165) is 28.9 Å². The van der Waals surface area contributed by atoms with Gasteiger partial charge in [0.05, 0.1) is 11.0 Å². The molecule has 0 unspecified atom stereocenters. The Balaban J connectivity index is 1.98. The van der Waals surface area contributed by atoms with Crippen LogP contribution in [0.5, 0.6) is 0 Å². The highest BCUT2D eigenvalue weighted by atomic mass is 32.2. The zero-order valence-electron chi connectivity index (χ0n) is 10.0. The maximum atomic E-state index is 13.7. The first kappa shape index (κ1) is 12.8. The van der Waals surface area contributed by atoms with Crippen LogP contribution in [0.2, 0.25) is 0 Å². The minimum Gasteiger partial charge on any atom is -0.333 e. The number of nitrogen functional groups attached to an aromatic ring is 1. The van der Waals surface area contributed by atoms with Gasteiger partial charge in [-0.1, -0.05) is 12.1 Å². The molecule has 0 aliphatic rings. The number of nitrogens with two attached hydrogens (primary N) is 1. The zero-order chi connectivity index (χ0) is 14.1. The Hall–Kier alpha value is -2.19. The Morgan fingerprint density at radius 1 is 1.15 bits per heavy atom. The number of halogens is 2. The average Bonchev–Trinajstić information content (AvgIpc) is 2.84. The number of hydrazine groups is 1. The van der Waals surface area contributed by atoms with Gasteiger partial charge in [-0.15, -0.1) is 0 Å². The predicted molar refractivity (Wildman–Crippen MR) is 72.2 cm³/mol. The summed E-state index contributed by atoms with van der Waals surface area (Å²) in [4.78, 5) is 11.1. The molecule has 0 saturated heterocycles. The molecule has 0 radical (unpaired) electrons. The summed E-state index contributed by atoms with van der Waals surface area (Å²) >= 11 is 0.963. The van der Waals surface area contributed by atoms with Gasteiger partial charge in [0, 0.05) is 6.07 Å². The van der Waals surface area contributed by atoms with Gasteiger partial charge in [-0.05, 0) is 23.9 Å². The van der Waals surface area contributed by atoms with E-state index in [1.807, 2.05) is 24.3 Å². The Morgan fingerprint density at radius 3 is 2.70 bits per heavy atom. The molecule has 5 nitrogen and oxygen atoms in total. The molecule has 0 atom stereocenters. The normalized spacial score (nSPS) is 10.9. The SMILES string of the molecule is NNc1nc(Sc2nc3ccccc3[nH]2)c(F)cc1F. The number of pyridine rings is 1. The first-order chi connectivity index (χ1) is 9.67. The molecule has 0 aliphatic heterocycles. The summed E-state index contributed by atoms with van der Waals surface area (Å²) in [7, 11) is 0. The van der Waals surface area contributed by atoms with E-state index >= 15 is 0 Å². The predicted octanol–water partition coefficient (Wildman–Crippen LogP) is 2.67. The van der Waals surface area contributed by atoms with Crippen molar-refractivity contribution in [1.82, 2.24) is 15.0 Å². The molecule has 2 aromatic heterocycles. The zero-order valence-corrected chi connectivity index (χ0v) is 10.8. The molecule has 0 spiro atoms. The van der Waals surface area contributed by atoms with E-state index in [1.165, 1.54) is 0 Å². The minimum absolute atomic E-state index is 0.0154. The lowest BCUT2D eigenvalue weighted by Gasteiger charge is -2.04. The van der Waals surface area contributed by atoms with Crippen LogP contribution in [-0.4, -0.2) is 15.0 Å². The Morgan fingerprint density at radius 2 is 1.95 bits per heavy atom. The Kier molecular flexibility index (Phi) is 3.25. The molecule has 0 aliphatic carbocycles. The van der Waals surface area contributed by atoms with Crippen LogP contribution < -0.4 is 11.3 Å². The number of aromatic amines is 1. The van der Waals surface area contributed by atoms with E-state index in [9.17, 15) is 8.78 Å². The van der Waals surface area contributed by atoms with Gasteiger partial charge in [0.1, 0.15) is 5.03 Å². The van der Waals surface area contributed by atoms with Crippen molar-refractivity contribution in [3.8, 4) is 0 Å². The van der Waals surface area contributed by atoms with Crippen molar-refractivity contribution in [1.29, 1.82) is 0 Å². The second kappa shape index (κ2) is 5.06. The number of aromatic nitrogens is 3. The van der Waals surface area contributed by atoms with Crippen LogP contribution in [0.25, 0.3) is 11.0 Å². The maximum absolute atomic E-state index is 13.7. The molecule has 20 heavy (non-hydrogen) atoms. The van der Waals surface area contributed by atoms with Crippen molar-refractivity contribution in [2.75, 3.05) is 5.43 Å². The lowest BCUT2D eigenvalue weighted by atomic mass is 10.3. The van der Waals surface area contributed by atoms with E-state index < -0.39 is 11.6 Å². The molecule has 3 aromatic rings. The summed E-state index contributed by atoms with van der Waals surface area (Å²) in [6.07, 6.45) is 0. The molecule has 0 fully saturated rings. The Labute approximate surface area is 116 Å². The van der Waals surface area contributed by atoms with Crippen molar-refractivity contribution in [2.45, 2.75) is 10.2 Å². The number of H-pyrrole nitrogens is 1. The molecule has 0 saturated carbocycles. The van der Waals surface area contributed by atoms with Gasteiger partial charge in [0.15, 0.2) is 22.6 Å². The number of para-hydroxylation sites is 2. The van der Waals surface area contributed by atoms with E-state index in [4.69, 9.17) is 5.84 Å². The first-order valence-electron chi connectivity index (χ1n) is 5.62. The van der Waals surface area contributed by atoms with Gasteiger partial charge in [-0.2, -0.15) is 0 Å². The van der Waals surface area contributed by atoms with Gasteiger partial charge in [-0.3, -0.25) is 0 Å². The summed E-state index contributed by atoms with van der Waals surface area (Å²) in [6, 6.07) is 8.13. The lowest BCUT2D eigenvalue weighted by molar-refractivity contribution is 0.551. The number of nitrogens with zero attached hydrogens (tertiary/aromatic N) is 2. The number of benzene rings is 1. The highest BCUT2D eigenvalue weighted by molar-refractivity contribution is 7.99. The van der Waals surface area contributed by atoms with Crippen LogP contribution in [0.15, 0.2) is 40.5 Å². The number of hydrogen-bond acceptors (Lipinski definition) is 5. The number of rotatable bonds is 3. The van der Waals surface area contributed by atoms with Crippen molar-refractivity contribution < 1.29 is 8.78 Å². The van der Waals surface area contributed by atoms with E-state index in [0.29, 0.717) is 5.16 Å². The molecule has 3 rings (SSSR count). The second-order valence-corrected chi connectivity index (χ2v) is 4.89. The molecule has 102 valence electrons. The second-order valence-electron chi connectivity index (χ2n) is 3.91. The number of nitrogens with one attached hydrogen (secondary N) is 2. The van der Waals surface area contributed by atoms with Crippen molar-refractivity contribution in [3.63, 3.8) is 0 Å². The fourth-order valence-electron chi connectivity index (χ4n) is 1.69. The van der Waals surface area contributed by atoms with Crippen LogP contribution in [0.3, 0.4) is 0 Å². The summed E-state index contributed by atoms with van der Waals surface area (Å²) < 4.78 is 26.9. The van der Waals surface area contributed by atoms with Crippen molar-refractivity contribution in [2.24, 2.45) is 5.84 Å². The van der Waals surface area contributed by atoms with Crippen LogP contribution >= 0.6 is 11.8 Å². The third-order valence-electron chi connectivity index (χ3n) is 2.60. The molecule has 4 N–H and O–H groups in total. The maximum Gasteiger partial charge on any atom is 0.177 e. The fraction of sp³-hybridized carbons (Fsp3) is 0.